The highest BCUT2D eigenvalue weighted by Gasteiger charge is 2.43. The van der Waals surface area contributed by atoms with E-state index in [0.717, 1.165) is 12.3 Å². The van der Waals surface area contributed by atoms with Crippen LogP contribution in [0.25, 0.3) is 0 Å². The molecule has 3 nitrogen and oxygen atoms in total. The summed E-state index contributed by atoms with van der Waals surface area (Å²) in [5, 5.41) is 2.15. The van der Waals surface area contributed by atoms with Crippen LogP contribution in [0.5, 0.6) is 0 Å². The van der Waals surface area contributed by atoms with Gasteiger partial charge in [-0.2, -0.15) is 0 Å². The number of nitrogens with one attached hydrogen (secondary N) is 1. The van der Waals surface area contributed by atoms with E-state index in [1.807, 2.05) is 11.3 Å². The minimum absolute atomic E-state index is 0.170. The first-order valence-corrected chi connectivity index (χ1v) is 9.01. The van der Waals surface area contributed by atoms with Crippen molar-refractivity contribution in [1.29, 1.82) is 0 Å². The van der Waals surface area contributed by atoms with Crippen molar-refractivity contribution in [3.8, 4) is 0 Å². The fourth-order valence-electron chi connectivity index (χ4n) is 3.66. The lowest BCUT2D eigenvalue weighted by Gasteiger charge is -2.50. The summed E-state index contributed by atoms with van der Waals surface area (Å²) in [6, 6.07) is 2.51. The number of hydrogen-bond acceptors (Lipinski definition) is 4. The molecular weight excluding hydrogens is 334 g/mol. The third-order valence-electron chi connectivity index (χ3n) is 4.78. The maximum atomic E-state index is 5.94. The second kappa shape index (κ2) is 6.88. The Hall–Kier alpha value is 0.0600. The number of nitrogens with two attached hydrogens (primary N) is 1. The molecule has 0 amide bonds. The maximum absolute atomic E-state index is 5.94. The molecule has 0 saturated heterocycles. The average Bonchev–Trinajstić information content (AvgIpc) is 2.81. The van der Waals surface area contributed by atoms with E-state index in [2.05, 4.69) is 58.7 Å². The lowest BCUT2D eigenvalue weighted by molar-refractivity contribution is 0.0376. The SMILES string of the molecule is CC1CCCC(C(Cc2cc(Br)cs2)NN)(N(C)C)C1. The first-order chi connectivity index (χ1) is 9.48. The molecule has 0 radical (unpaired) electrons. The van der Waals surface area contributed by atoms with E-state index in [0.29, 0.717) is 6.04 Å². The summed E-state index contributed by atoms with van der Waals surface area (Å²) in [5.41, 5.74) is 3.29. The number of halogens is 1. The van der Waals surface area contributed by atoms with Crippen LogP contribution in [-0.2, 0) is 6.42 Å². The zero-order valence-electron chi connectivity index (χ0n) is 12.7. The second-order valence-electron chi connectivity index (χ2n) is 6.35. The second-order valence-corrected chi connectivity index (χ2v) is 8.27. The summed E-state index contributed by atoms with van der Waals surface area (Å²) in [4.78, 5) is 3.79. The minimum Gasteiger partial charge on any atom is -0.302 e. The van der Waals surface area contributed by atoms with Crippen LogP contribution in [0.15, 0.2) is 15.9 Å². The summed E-state index contributed by atoms with van der Waals surface area (Å²) >= 11 is 5.35. The Kier molecular flexibility index (Phi) is 5.65. The summed E-state index contributed by atoms with van der Waals surface area (Å²) in [6.07, 6.45) is 6.09. The van der Waals surface area contributed by atoms with Crippen LogP contribution in [0.4, 0.5) is 0 Å². The molecule has 1 aliphatic rings. The quantitative estimate of drug-likeness (QED) is 0.625. The van der Waals surface area contributed by atoms with Crippen LogP contribution in [-0.4, -0.2) is 30.6 Å². The Bertz CT molecular complexity index is 435. The van der Waals surface area contributed by atoms with Gasteiger partial charge in [0.05, 0.1) is 0 Å². The number of hydrogen-bond donors (Lipinski definition) is 2. The van der Waals surface area contributed by atoms with Gasteiger partial charge in [0, 0.05) is 32.7 Å². The highest BCUT2D eigenvalue weighted by atomic mass is 79.9. The van der Waals surface area contributed by atoms with Crippen molar-refractivity contribution in [1.82, 2.24) is 10.3 Å². The van der Waals surface area contributed by atoms with Gasteiger partial charge in [0.15, 0.2) is 0 Å². The monoisotopic (exact) mass is 359 g/mol. The molecular formula is C15H26BrN3S. The van der Waals surface area contributed by atoms with E-state index >= 15 is 0 Å². The Morgan fingerprint density at radius 1 is 1.60 bits per heavy atom. The van der Waals surface area contributed by atoms with Crippen LogP contribution in [0.1, 0.15) is 37.5 Å². The topological polar surface area (TPSA) is 41.3 Å². The fraction of sp³-hybridized carbons (Fsp3) is 0.733. The fourth-order valence-corrected chi connectivity index (χ4v) is 5.16. The van der Waals surface area contributed by atoms with Crippen molar-refractivity contribution in [3.05, 3.63) is 20.8 Å². The molecule has 2 rings (SSSR count). The van der Waals surface area contributed by atoms with Gasteiger partial charge < -0.3 is 4.90 Å². The van der Waals surface area contributed by atoms with Crippen LogP contribution < -0.4 is 11.3 Å². The van der Waals surface area contributed by atoms with E-state index < -0.39 is 0 Å². The van der Waals surface area contributed by atoms with Gasteiger partial charge in [0.25, 0.3) is 0 Å². The summed E-state index contributed by atoms with van der Waals surface area (Å²) in [5.74, 6) is 6.72. The zero-order valence-corrected chi connectivity index (χ0v) is 15.1. The van der Waals surface area contributed by atoms with Gasteiger partial charge >= 0.3 is 0 Å². The summed E-state index contributed by atoms with van der Waals surface area (Å²) < 4.78 is 1.17. The van der Waals surface area contributed by atoms with Crippen molar-refractivity contribution in [2.45, 2.75) is 50.6 Å². The molecule has 0 aliphatic heterocycles. The van der Waals surface area contributed by atoms with Crippen LogP contribution >= 0.6 is 27.3 Å². The van der Waals surface area contributed by atoms with Crippen molar-refractivity contribution < 1.29 is 0 Å². The van der Waals surface area contributed by atoms with E-state index in [1.54, 1.807) is 0 Å². The molecule has 3 atom stereocenters. The normalized spacial score (nSPS) is 28.8. The van der Waals surface area contributed by atoms with Gasteiger partial charge in [0.2, 0.25) is 0 Å². The first kappa shape index (κ1) is 16.4. The third kappa shape index (κ3) is 3.45. The largest absolute Gasteiger partial charge is 0.302 e. The molecule has 1 aromatic rings. The molecule has 20 heavy (non-hydrogen) atoms. The van der Waals surface area contributed by atoms with E-state index in [9.17, 15) is 0 Å². The molecule has 1 heterocycles. The minimum atomic E-state index is 0.170. The molecule has 1 aliphatic carbocycles. The molecule has 1 aromatic heterocycles. The van der Waals surface area contributed by atoms with Crippen molar-refractivity contribution >= 4 is 27.3 Å². The molecule has 0 bridgehead atoms. The maximum Gasteiger partial charge on any atom is 0.0442 e. The van der Waals surface area contributed by atoms with Crippen LogP contribution in [0.3, 0.4) is 0 Å². The Balaban J connectivity index is 2.20. The molecule has 5 heteroatoms. The van der Waals surface area contributed by atoms with Gasteiger partial charge in [-0.25, -0.2) is 0 Å². The van der Waals surface area contributed by atoms with E-state index in [-0.39, 0.29) is 5.54 Å². The standard InChI is InChI=1S/C15H26BrN3S/c1-11-5-4-6-15(9-11,19(2)3)14(18-17)8-13-7-12(16)10-20-13/h7,10-11,14,18H,4-6,8-9,17H2,1-3H3. The first-order valence-electron chi connectivity index (χ1n) is 7.34. The van der Waals surface area contributed by atoms with E-state index in [4.69, 9.17) is 5.84 Å². The number of thiophene rings is 1. The Morgan fingerprint density at radius 3 is 2.85 bits per heavy atom. The van der Waals surface area contributed by atoms with Gasteiger partial charge in [-0.1, -0.05) is 19.8 Å². The molecule has 3 unspecified atom stereocenters. The zero-order chi connectivity index (χ0) is 14.8. The van der Waals surface area contributed by atoms with Gasteiger partial charge in [-0.15, -0.1) is 11.3 Å². The number of nitrogens with zero attached hydrogens (tertiary/aromatic N) is 1. The lowest BCUT2D eigenvalue weighted by Crippen LogP contribution is -2.63. The predicted molar refractivity (Wildman–Crippen MR) is 90.9 cm³/mol. The van der Waals surface area contributed by atoms with E-state index in [1.165, 1.54) is 35.0 Å². The van der Waals surface area contributed by atoms with Gasteiger partial charge in [0.1, 0.15) is 0 Å². The Labute approximate surface area is 135 Å². The third-order valence-corrected chi connectivity index (χ3v) is 6.50. The van der Waals surface area contributed by atoms with Crippen molar-refractivity contribution in [2.75, 3.05) is 14.1 Å². The molecule has 1 fully saturated rings. The number of hydrazine groups is 1. The van der Waals surface area contributed by atoms with Crippen molar-refractivity contribution in [2.24, 2.45) is 11.8 Å². The highest BCUT2D eigenvalue weighted by molar-refractivity contribution is 9.10. The molecule has 1 saturated carbocycles. The lowest BCUT2D eigenvalue weighted by atomic mass is 9.70. The van der Waals surface area contributed by atoms with Crippen molar-refractivity contribution in [3.63, 3.8) is 0 Å². The molecule has 0 aromatic carbocycles. The molecule has 114 valence electrons. The van der Waals surface area contributed by atoms with Crippen LogP contribution in [0.2, 0.25) is 0 Å². The molecule has 3 N–H and O–H groups in total. The smallest absolute Gasteiger partial charge is 0.0442 e. The Morgan fingerprint density at radius 2 is 2.35 bits per heavy atom. The van der Waals surface area contributed by atoms with Crippen LogP contribution in [0, 0.1) is 5.92 Å². The van der Waals surface area contributed by atoms with Gasteiger partial charge in [-0.3, -0.25) is 11.3 Å². The summed E-state index contributed by atoms with van der Waals surface area (Å²) in [7, 11) is 4.40. The van der Waals surface area contributed by atoms with Gasteiger partial charge in [-0.05, 0) is 54.9 Å². The average molecular weight is 360 g/mol. The summed E-state index contributed by atoms with van der Waals surface area (Å²) in [6.45, 7) is 2.37. The predicted octanol–water partition coefficient (Wildman–Crippen LogP) is 3.40. The number of likely N-dealkylation sites (N-methyl/N-ethyl adjacent to an activating group) is 1. The molecule has 0 spiro atoms. The highest BCUT2D eigenvalue weighted by Crippen LogP contribution is 2.39. The number of rotatable bonds is 5.